The molecular weight excluding hydrogens is 218 g/mol. The van der Waals surface area contributed by atoms with Gasteiger partial charge >= 0.3 is 0 Å². The first kappa shape index (κ1) is 16.3. The molecule has 1 atom stereocenters. The fraction of sp³-hybridized carbons (Fsp3) is 1.00. The van der Waals surface area contributed by atoms with E-state index < -0.39 is 0 Å². The standard InChI is InChI=1S/C13H29NOS/c1-4-9-14-13(2)8-5-6-11-16-12-7-10-15-3/h13-14H,4-12H2,1-3H3. The van der Waals surface area contributed by atoms with Crippen molar-refractivity contribution in [2.75, 3.05) is 31.8 Å². The third kappa shape index (κ3) is 12.3. The molecule has 0 spiro atoms. The Balaban J connectivity index is 3.02. The van der Waals surface area contributed by atoms with Crippen LogP contribution in [0.4, 0.5) is 0 Å². The summed E-state index contributed by atoms with van der Waals surface area (Å²) in [5.74, 6) is 2.56. The first-order valence-corrected chi connectivity index (χ1v) is 7.76. The lowest BCUT2D eigenvalue weighted by Crippen LogP contribution is -2.26. The van der Waals surface area contributed by atoms with Crippen molar-refractivity contribution in [1.29, 1.82) is 0 Å². The monoisotopic (exact) mass is 247 g/mol. The summed E-state index contributed by atoms with van der Waals surface area (Å²) in [7, 11) is 1.77. The molecule has 2 nitrogen and oxygen atoms in total. The van der Waals surface area contributed by atoms with E-state index in [1.165, 1.54) is 43.6 Å². The molecule has 0 saturated heterocycles. The largest absolute Gasteiger partial charge is 0.385 e. The molecule has 0 radical (unpaired) electrons. The van der Waals surface area contributed by atoms with Gasteiger partial charge < -0.3 is 10.1 Å². The zero-order valence-electron chi connectivity index (χ0n) is 11.3. The number of unbranched alkanes of at least 4 members (excludes halogenated alkanes) is 1. The van der Waals surface area contributed by atoms with E-state index in [-0.39, 0.29) is 0 Å². The van der Waals surface area contributed by atoms with Gasteiger partial charge in [0.2, 0.25) is 0 Å². The summed E-state index contributed by atoms with van der Waals surface area (Å²) in [5, 5.41) is 3.53. The fourth-order valence-corrected chi connectivity index (χ4v) is 2.49. The third-order valence-electron chi connectivity index (χ3n) is 2.56. The number of rotatable bonds is 12. The van der Waals surface area contributed by atoms with Crippen LogP contribution in [0.25, 0.3) is 0 Å². The number of methoxy groups -OCH3 is 1. The molecule has 1 unspecified atom stereocenters. The molecule has 0 aromatic carbocycles. The normalized spacial score (nSPS) is 12.9. The van der Waals surface area contributed by atoms with Gasteiger partial charge in [0.15, 0.2) is 0 Å². The van der Waals surface area contributed by atoms with Crippen LogP contribution in [0, 0.1) is 0 Å². The maximum atomic E-state index is 5.02. The highest BCUT2D eigenvalue weighted by molar-refractivity contribution is 7.99. The molecule has 3 heteroatoms. The van der Waals surface area contributed by atoms with Crippen molar-refractivity contribution < 1.29 is 4.74 Å². The molecular formula is C13H29NOS. The topological polar surface area (TPSA) is 21.3 Å². The predicted octanol–water partition coefficient (Wildman–Crippen LogP) is 3.31. The Labute approximate surface area is 106 Å². The maximum absolute atomic E-state index is 5.02. The summed E-state index contributed by atoms with van der Waals surface area (Å²) in [6.45, 7) is 6.58. The third-order valence-corrected chi connectivity index (χ3v) is 3.71. The summed E-state index contributed by atoms with van der Waals surface area (Å²) in [5.41, 5.74) is 0. The Morgan fingerprint density at radius 3 is 2.62 bits per heavy atom. The number of ether oxygens (including phenoxy) is 1. The maximum Gasteiger partial charge on any atom is 0.0470 e. The van der Waals surface area contributed by atoms with Gasteiger partial charge in [-0.15, -0.1) is 0 Å². The minimum Gasteiger partial charge on any atom is -0.385 e. The molecule has 0 heterocycles. The smallest absolute Gasteiger partial charge is 0.0470 e. The minimum absolute atomic E-state index is 0.693. The second kappa shape index (κ2) is 13.3. The minimum atomic E-state index is 0.693. The number of thioether (sulfide) groups is 1. The van der Waals surface area contributed by atoms with Crippen LogP contribution in [0.5, 0.6) is 0 Å². The van der Waals surface area contributed by atoms with E-state index >= 15 is 0 Å². The quantitative estimate of drug-likeness (QED) is 0.535. The van der Waals surface area contributed by atoms with Gasteiger partial charge in [-0.3, -0.25) is 0 Å². The summed E-state index contributed by atoms with van der Waals surface area (Å²) in [6.07, 6.45) is 6.46. The Morgan fingerprint density at radius 1 is 1.19 bits per heavy atom. The van der Waals surface area contributed by atoms with Crippen LogP contribution < -0.4 is 5.32 Å². The average molecular weight is 247 g/mol. The zero-order valence-corrected chi connectivity index (χ0v) is 12.1. The van der Waals surface area contributed by atoms with Gasteiger partial charge in [-0.05, 0) is 50.7 Å². The van der Waals surface area contributed by atoms with Crippen molar-refractivity contribution in [2.24, 2.45) is 0 Å². The van der Waals surface area contributed by atoms with Gasteiger partial charge in [-0.1, -0.05) is 13.3 Å². The van der Waals surface area contributed by atoms with E-state index in [4.69, 9.17) is 4.74 Å². The highest BCUT2D eigenvalue weighted by Crippen LogP contribution is 2.09. The molecule has 98 valence electrons. The lowest BCUT2D eigenvalue weighted by molar-refractivity contribution is 0.200. The highest BCUT2D eigenvalue weighted by Gasteiger charge is 1.99. The molecule has 0 aromatic heterocycles. The van der Waals surface area contributed by atoms with Crippen molar-refractivity contribution >= 4 is 11.8 Å². The van der Waals surface area contributed by atoms with E-state index in [1.54, 1.807) is 7.11 Å². The Kier molecular flexibility index (Phi) is 13.6. The van der Waals surface area contributed by atoms with Gasteiger partial charge in [0, 0.05) is 19.8 Å². The molecule has 0 amide bonds. The Hall–Kier alpha value is 0.270. The van der Waals surface area contributed by atoms with Crippen molar-refractivity contribution in [3.05, 3.63) is 0 Å². The second-order valence-corrected chi connectivity index (χ2v) is 5.53. The van der Waals surface area contributed by atoms with Gasteiger partial charge in [-0.2, -0.15) is 11.8 Å². The lowest BCUT2D eigenvalue weighted by atomic mass is 10.1. The van der Waals surface area contributed by atoms with Crippen LogP contribution in [0.2, 0.25) is 0 Å². The van der Waals surface area contributed by atoms with Crippen molar-refractivity contribution in [1.82, 2.24) is 5.32 Å². The highest BCUT2D eigenvalue weighted by atomic mass is 32.2. The number of hydrogen-bond donors (Lipinski definition) is 1. The van der Waals surface area contributed by atoms with Crippen LogP contribution in [0.1, 0.15) is 46.0 Å². The van der Waals surface area contributed by atoms with E-state index in [1.807, 2.05) is 0 Å². The van der Waals surface area contributed by atoms with E-state index in [0.29, 0.717) is 6.04 Å². The second-order valence-electron chi connectivity index (χ2n) is 4.31. The van der Waals surface area contributed by atoms with E-state index in [2.05, 4.69) is 30.9 Å². The fourth-order valence-electron chi connectivity index (χ4n) is 1.55. The van der Waals surface area contributed by atoms with Crippen molar-refractivity contribution in [2.45, 2.75) is 52.0 Å². The van der Waals surface area contributed by atoms with Gasteiger partial charge in [0.25, 0.3) is 0 Å². The molecule has 0 rings (SSSR count). The van der Waals surface area contributed by atoms with Crippen LogP contribution >= 0.6 is 11.8 Å². The van der Waals surface area contributed by atoms with Crippen LogP contribution in [0.3, 0.4) is 0 Å². The first-order valence-electron chi connectivity index (χ1n) is 6.61. The lowest BCUT2D eigenvalue weighted by Gasteiger charge is -2.12. The Bertz CT molecular complexity index is 133. The SMILES string of the molecule is CCCNC(C)CCCCSCCCOC. The summed E-state index contributed by atoms with van der Waals surface area (Å²) < 4.78 is 5.02. The molecule has 0 aliphatic heterocycles. The predicted molar refractivity (Wildman–Crippen MR) is 75.4 cm³/mol. The number of nitrogens with one attached hydrogen (secondary N) is 1. The molecule has 1 N–H and O–H groups in total. The first-order chi connectivity index (χ1) is 7.81. The van der Waals surface area contributed by atoms with Crippen molar-refractivity contribution in [3.63, 3.8) is 0 Å². The van der Waals surface area contributed by atoms with E-state index in [9.17, 15) is 0 Å². The summed E-state index contributed by atoms with van der Waals surface area (Å²) in [4.78, 5) is 0. The van der Waals surface area contributed by atoms with Crippen LogP contribution in [0.15, 0.2) is 0 Å². The van der Waals surface area contributed by atoms with Gasteiger partial charge in [-0.25, -0.2) is 0 Å². The average Bonchev–Trinajstić information content (AvgIpc) is 2.30. The summed E-state index contributed by atoms with van der Waals surface area (Å²) >= 11 is 2.06. The van der Waals surface area contributed by atoms with Crippen LogP contribution in [-0.4, -0.2) is 37.8 Å². The van der Waals surface area contributed by atoms with Gasteiger partial charge in [0.05, 0.1) is 0 Å². The van der Waals surface area contributed by atoms with Gasteiger partial charge in [0.1, 0.15) is 0 Å². The molecule has 0 aliphatic carbocycles. The summed E-state index contributed by atoms with van der Waals surface area (Å²) in [6, 6.07) is 0.693. The van der Waals surface area contributed by atoms with Crippen LogP contribution in [-0.2, 0) is 4.74 Å². The Morgan fingerprint density at radius 2 is 1.94 bits per heavy atom. The molecule has 0 saturated carbocycles. The molecule has 16 heavy (non-hydrogen) atoms. The van der Waals surface area contributed by atoms with Crippen molar-refractivity contribution in [3.8, 4) is 0 Å². The molecule has 0 aliphatic rings. The molecule has 0 bridgehead atoms. The molecule has 0 fully saturated rings. The van der Waals surface area contributed by atoms with E-state index in [0.717, 1.165) is 13.2 Å². The zero-order chi connectivity index (χ0) is 12.1. The molecule has 0 aromatic rings. The number of hydrogen-bond acceptors (Lipinski definition) is 3.